The van der Waals surface area contributed by atoms with Crippen molar-refractivity contribution in [1.82, 2.24) is 0 Å². The van der Waals surface area contributed by atoms with Crippen LogP contribution in [0.25, 0.3) is 0 Å². The number of nitrogens with zero attached hydrogens (tertiary/aromatic N) is 1. The molecule has 1 unspecified atom stereocenters. The number of anilines is 1. The molecule has 0 spiro atoms. The largest absolute Gasteiger partial charge is 0.497 e. The van der Waals surface area contributed by atoms with E-state index in [1.54, 1.807) is 19.1 Å². The molecule has 2 aromatic carbocycles. The molecule has 0 bridgehead atoms. The van der Waals surface area contributed by atoms with Gasteiger partial charge in [0.1, 0.15) is 12.4 Å². The Balaban J connectivity index is 2.32. The standard InChI is InChI=1S/C28H38N2O6/c1-7-13-24(27(32)29-26-20(4)16-22(34-5)17-23(26)28(33)35-6)30(8-2,9-3)18-25(31)36-19-21-14-11-10-12-15-21/h10-12,14-17,24H,7-9,13,18-19H2,1-6H3/p+1. The molecular formula is C28H39N2O6+. The Morgan fingerprint density at radius 2 is 1.67 bits per heavy atom. The van der Waals surface area contributed by atoms with Gasteiger partial charge in [0.05, 0.1) is 38.6 Å². The molecular weight excluding hydrogens is 460 g/mol. The third-order valence-corrected chi connectivity index (χ3v) is 6.67. The van der Waals surface area contributed by atoms with Crippen molar-refractivity contribution in [2.75, 3.05) is 39.2 Å². The number of carbonyl (C=O) groups excluding carboxylic acids is 3. The van der Waals surface area contributed by atoms with E-state index >= 15 is 0 Å². The summed E-state index contributed by atoms with van der Waals surface area (Å²) in [7, 11) is 2.80. The Morgan fingerprint density at radius 3 is 2.22 bits per heavy atom. The van der Waals surface area contributed by atoms with E-state index in [4.69, 9.17) is 14.2 Å². The zero-order chi connectivity index (χ0) is 26.7. The van der Waals surface area contributed by atoms with Crippen molar-refractivity contribution < 1.29 is 33.1 Å². The summed E-state index contributed by atoms with van der Waals surface area (Å²) in [6, 6.07) is 12.3. The Bertz CT molecular complexity index is 1030. The minimum atomic E-state index is -0.574. The van der Waals surface area contributed by atoms with Gasteiger partial charge in [-0.2, -0.15) is 0 Å². The molecule has 8 heteroatoms. The van der Waals surface area contributed by atoms with Gasteiger partial charge in [0.2, 0.25) is 0 Å². The van der Waals surface area contributed by atoms with Gasteiger partial charge >= 0.3 is 11.9 Å². The number of nitrogens with one attached hydrogen (secondary N) is 1. The van der Waals surface area contributed by atoms with Crippen LogP contribution in [0, 0.1) is 6.92 Å². The maximum atomic E-state index is 13.7. The van der Waals surface area contributed by atoms with E-state index in [-0.39, 0.29) is 35.1 Å². The molecule has 0 aliphatic rings. The van der Waals surface area contributed by atoms with Crippen LogP contribution in [-0.4, -0.2) is 62.2 Å². The number of quaternary nitrogens is 1. The van der Waals surface area contributed by atoms with Gasteiger partial charge in [-0.1, -0.05) is 37.3 Å². The Morgan fingerprint density at radius 1 is 1.00 bits per heavy atom. The molecule has 1 amide bonds. The van der Waals surface area contributed by atoms with E-state index in [1.165, 1.54) is 14.2 Å². The molecule has 0 aromatic heterocycles. The monoisotopic (exact) mass is 499 g/mol. The van der Waals surface area contributed by atoms with Crippen molar-refractivity contribution in [3.8, 4) is 5.75 Å². The highest BCUT2D eigenvalue weighted by molar-refractivity contribution is 6.03. The van der Waals surface area contributed by atoms with Gasteiger partial charge in [0.25, 0.3) is 5.91 Å². The Kier molecular flexibility index (Phi) is 10.9. The maximum Gasteiger partial charge on any atom is 0.362 e. The van der Waals surface area contributed by atoms with Crippen LogP contribution in [0.3, 0.4) is 0 Å². The van der Waals surface area contributed by atoms with Crippen LogP contribution in [0.2, 0.25) is 0 Å². The summed E-state index contributed by atoms with van der Waals surface area (Å²) in [5.74, 6) is -0.692. The highest BCUT2D eigenvalue weighted by Gasteiger charge is 2.41. The lowest BCUT2D eigenvalue weighted by Crippen LogP contribution is -2.62. The fraction of sp³-hybridized carbons (Fsp3) is 0.464. The number of hydrogen-bond acceptors (Lipinski definition) is 6. The fourth-order valence-electron chi connectivity index (χ4n) is 4.48. The first-order valence-electron chi connectivity index (χ1n) is 12.4. The number of aryl methyl sites for hydroxylation is 1. The van der Waals surface area contributed by atoms with Crippen molar-refractivity contribution in [2.45, 2.75) is 53.2 Å². The Hall–Kier alpha value is -3.39. The molecule has 0 saturated heterocycles. The van der Waals surface area contributed by atoms with Crippen LogP contribution >= 0.6 is 0 Å². The van der Waals surface area contributed by atoms with Gasteiger partial charge < -0.3 is 24.0 Å². The second kappa shape index (κ2) is 13.6. The van der Waals surface area contributed by atoms with E-state index < -0.39 is 12.0 Å². The zero-order valence-electron chi connectivity index (χ0n) is 22.3. The zero-order valence-corrected chi connectivity index (χ0v) is 22.3. The molecule has 0 heterocycles. The molecule has 1 N–H and O–H groups in total. The van der Waals surface area contributed by atoms with Crippen molar-refractivity contribution in [1.29, 1.82) is 0 Å². The molecule has 0 fully saturated rings. The van der Waals surface area contributed by atoms with Gasteiger partial charge in [-0.15, -0.1) is 0 Å². The number of rotatable bonds is 13. The lowest BCUT2D eigenvalue weighted by molar-refractivity contribution is -0.933. The number of likely N-dealkylation sites (N-methyl/N-ethyl adjacent to an activating group) is 1. The summed E-state index contributed by atoms with van der Waals surface area (Å²) in [6.07, 6.45) is 1.32. The van der Waals surface area contributed by atoms with Crippen molar-refractivity contribution in [3.63, 3.8) is 0 Å². The predicted molar refractivity (Wildman–Crippen MR) is 139 cm³/mol. The highest BCUT2D eigenvalue weighted by atomic mass is 16.5. The van der Waals surface area contributed by atoms with E-state index in [9.17, 15) is 14.4 Å². The summed E-state index contributed by atoms with van der Waals surface area (Å²) in [5.41, 5.74) is 2.17. The topological polar surface area (TPSA) is 90.9 Å². The summed E-state index contributed by atoms with van der Waals surface area (Å²) >= 11 is 0. The molecule has 0 saturated carbocycles. The summed E-state index contributed by atoms with van der Waals surface area (Å²) in [4.78, 5) is 39.1. The number of carbonyl (C=O) groups is 3. The third kappa shape index (κ3) is 7.07. The molecule has 2 rings (SSSR count). The molecule has 1 atom stereocenters. The van der Waals surface area contributed by atoms with Crippen LogP contribution in [0.5, 0.6) is 5.75 Å². The molecule has 0 radical (unpaired) electrons. The van der Waals surface area contributed by atoms with Crippen molar-refractivity contribution in [3.05, 3.63) is 59.2 Å². The number of benzene rings is 2. The van der Waals surface area contributed by atoms with Crippen LogP contribution in [-0.2, 0) is 25.7 Å². The van der Waals surface area contributed by atoms with E-state index in [1.807, 2.05) is 51.1 Å². The molecule has 0 aliphatic heterocycles. The normalized spacial score (nSPS) is 11.9. The molecule has 196 valence electrons. The average molecular weight is 500 g/mol. The number of ether oxygens (including phenoxy) is 3. The predicted octanol–water partition coefficient (Wildman–Crippen LogP) is 4.50. The Labute approximate surface area is 214 Å². The van der Waals surface area contributed by atoms with E-state index in [2.05, 4.69) is 5.32 Å². The number of methoxy groups -OCH3 is 2. The fourth-order valence-corrected chi connectivity index (χ4v) is 4.48. The van der Waals surface area contributed by atoms with Gasteiger partial charge in [-0.3, -0.25) is 4.79 Å². The first-order valence-corrected chi connectivity index (χ1v) is 12.4. The third-order valence-electron chi connectivity index (χ3n) is 6.67. The second-order valence-corrected chi connectivity index (χ2v) is 8.81. The lowest BCUT2D eigenvalue weighted by Gasteiger charge is -2.42. The van der Waals surface area contributed by atoms with Gasteiger partial charge in [-0.05, 0) is 50.5 Å². The first kappa shape index (κ1) is 28.8. The van der Waals surface area contributed by atoms with E-state index in [0.29, 0.717) is 36.5 Å². The molecule has 2 aromatic rings. The first-order chi connectivity index (χ1) is 17.2. The average Bonchev–Trinajstić information content (AvgIpc) is 2.90. The maximum absolute atomic E-state index is 13.7. The summed E-state index contributed by atoms with van der Waals surface area (Å²) in [6.45, 7) is 9.15. The van der Waals surface area contributed by atoms with Gasteiger partial charge in [0.15, 0.2) is 12.6 Å². The number of esters is 2. The van der Waals surface area contributed by atoms with E-state index in [0.717, 1.165) is 12.0 Å². The molecule has 36 heavy (non-hydrogen) atoms. The molecule has 0 aliphatic carbocycles. The number of hydrogen-bond donors (Lipinski definition) is 1. The summed E-state index contributed by atoms with van der Waals surface area (Å²) in [5, 5.41) is 2.97. The van der Waals surface area contributed by atoms with Crippen LogP contribution < -0.4 is 10.1 Å². The van der Waals surface area contributed by atoms with Gasteiger partial charge in [-0.25, -0.2) is 9.59 Å². The van der Waals surface area contributed by atoms with Crippen molar-refractivity contribution >= 4 is 23.5 Å². The highest BCUT2D eigenvalue weighted by Crippen LogP contribution is 2.29. The minimum absolute atomic E-state index is 0.0728. The quantitative estimate of drug-likeness (QED) is 0.322. The van der Waals surface area contributed by atoms with Crippen molar-refractivity contribution in [2.24, 2.45) is 0 Å². The van der Waals surface area contributed by atoms with Gasteiger partial charge in [0, 0.05) is 6.42 Å². The second-order valence-electron chi connectivity index (χ2n) is 8.81. The molecule has 8 nitrogen and oxygen atoms in total. The lowest BCUT2D eigenvalue weighted by atomic mass is 10.0. The smallest absolute Gasteiger partial charge is 0.362 e. The van der Waals surface area contributed by atoms with Crippen LogP contribution in [0.4, 0.5) is 5.69 Å². The summed E-state index contributed by atoms with van der Waals surface area (Å²) < 4.78 is 16.0. The minimum Gasteiger partial charge on any atom is -0.497 e. The van der Waals surface area contributed by atoms with Crippen LogP contribution in [0.1, 0.15) is 55.1 Å². The number of amides is 1. The SMILES string of the molecule is CCCC(C(=O)Nc1c(C)cc(OC)cc1C(=O)OC)[N+](CC)(CC)CC(=O)OCc1ccccc1. The van der Waals surface area contributed by atoms with Crippen LogP contribution in [0.15, 0.2) is 42.5 Å².